The Balaban J connectivity index is 2.23. The summed E-state index contributed by atoms with van der Waals surface area (Å²) in [4.78, 5) is 14.5. The van der Waals surface area contributed by atoms with Crippen molar-refractivity contribution in [2.24, 2.45) is 0 Å². The molecule has 0 aromatic heterocycles. The molecule has 2 rings (SSSR count). The Morgan fingerprint density at radius 3 is 2.52 bits per heavy atom. The van der Waals surface area contributed by atoms with Gasteiger partial charge in [0.1, 0.15) is 12.4 Å². The number of amides is 1. The molecule has 0 saturated heterocycles. The van der Waals surface area contributed by atoms with Crippen molar-refractivity contribution in [3.05, 3.63) is 58.1 Å². The normalized spacial score (nSPS) is 11.6. The van der Waals surface area contributed by atoms with Gasteiger partial charge in [0.15, 0.2) is 0 Å². The van der Waals surface area contributed by atoms with E-state index in [9.17, 15) is 18.0 Å². The van der Waals surface area contributed by atoms with Crippen molar-refractivity contribution in [2.75, 3.05) is 32.6 Å². The number of anilines is 1. The molecule has 0 spiro atoms. The number of carbonyl (C=O) groups excluding carboxylic acids is 1. The van der Waals surface area contributed by atoms with Crippen LogP contribution in [0.3, 0.4) is 0 Å². The molecule has 1 amide bonds. The highest BCUT2D eigenvalue weighted by molar-refractivity contribution is 6.31. The van der Waals surface area contributed by atoms with Gasteiger partial charge in [-0.15, -0.1) is 0 Å². The van der Waals surface area contributed by atoms with Gasteiger partial charge in [-0.25, -0.2) is 0 Å². The van der Waals surface area contributed by atoms with Crippen molar-refractivity contribution in [1.82, 2.24) is 4.90 Å². The number of rotatable bonds is 6. The van der Waals surface area contributed by atoms with Crippen LogP contribution in [-0.2, 0) is 6.18 Å². The molecule has 0 fully saturated rings. The first-order chi connectivity index (χ1) is 12.6. The van der Waals surface area contributed by atoms with E-state index in [0.29, 0.717) is 18.9 Å². The number of hydrogen-bond acceptors (Lipinski definition) is 3. The average Bonchev–Trinajstić information content (AvgIpc) is 2.55. The van der Waals surface area contributed by atoms with Crippen LogP contribution in [-0.4, -0.2) is 38.1 Å². The number of hydrogen-bond donors (Lipinski definition) is 1. The Morgan fingerprint density at radius 1 is 1.19 bits per heavy atom. The van der Waals surface area contributed by atoms with E-state index in [1.807, 2.05) is 25.9 Å². The Kier molecular flexibility index (Phi) is 6.73. The minimum absolute atomic E-state index is 0.00320. The maximum absolute atomic E-state index is 13.0. The summed E-state index contributed by atoms with van der Waals surface area (Å²) in [5.41, 5.74) is 0.130. The van der Waals surface area contributed by atoms with E-state index < -0.39 is 22.7 Å². The predicted molar refractivity (Wildman–Crippen MR) is 99.6 cm³/mol. The smallest absolute Gasteiger partial charge is 0.417 e. The number of carbonyl (C=O) groups is 1. The largest absolute Gasteiger partial charge is 0.491 e. The molecule has 0 radical (unpaired) electrons. The number of benzene rings is 2. The van der Waals surface area contributed by atoms with Gasteiger partial charge in [-0.2, -0.15) is 13.2 Å². The van der Waals surface area contributed by atoms with Crippen LogP contribution >= 0.6 is 11.6 Å². The van der Waals surface area contributed by atoms with Gasteiger partial charge in [-0.05, 0) is 56.9 Å². The SMILES string of the molecule is Cc1ccc(C(=O)Nc2ccc(Cl)c(C(F)(F)F)c2)c(OCCN(C)C)c1. The molecule has 2 aromatic carbocycles. The summed E-state index contributed by atoms with van der Waals surface area (Å²) in [6.45, 7) is 2.88. The monoisotopic (exact) mass is 400 g/mol. The quantitative estimate of drug-likeness (QED) is 0.753. The van der Waals surface area contributed by atoms with E-state index in [1.165, 1.54) is 6.07 Å². The predicted octanol–water partition coefficient (Wildman–Crippen LogP) is 4.86. The van der Waals surface area contributed by atoms with Gasteiger partial charge in [0.05, 0.1) is 16.1 Å². The Labute approximate surface area is 160 Å². The summed E-state index contributed by atoms with van der Waals surface area (Å²) in [5, 5.41) is 2.04. The third-order valence-corrected chi connectivity index (χ3v) is 4.04. The van der Waals surface area contributed by atoms with Gasteiger partial charge in [0.25, 0.3) is 5.91 Å². The van der Waals surface area contributed by atoms with E-state index in [-0.39, 0.29) is 11.3 Å². The summed E-state index contributed by atoms with van der Waals surface area (Å²) in [6.07, 6.45) is -4.61. The van der Waals surface area contributed by atoms with Crippen LogP contribution in [0.2, 0.25) is 5.02 Å². The van der Waals surface area contributed by atoms with Gasteiger partial charge in [0, 0.05) is 12.2 Å². The lowest BCUT2D eigenvalue weighted by Crippen LogP contribution is -2.21. The van der Waals surface area contributed by atoms with Crippen molar-refractivity contribution < 1.29 is 22.7 Å². The van der Waals surface area contributed by atoms with Crippen molar-refractivity contribution in [3.63, 3.8) is 0 Å². The Morgan fingerprint density at radius 2 is 1.89 bits per heavy atom. The molecule has 0 saturated carbocycles. The molecule has 0 aliphatic heterocycles. The standard InChI is InChI=1S/C19H20ClF3N2O2/c1-12-4-6-14(17(10-12)27-9-8-25(2)3)18(26)24-13-5-7-16(20)15(11-13)19(21,22)23/h4-7,10-11H,8-9H2,1-3H3,(H,24,26). The zero-order valence-corrected chi connectivity index (χ0v) is 15.9. The molecule has 8 heteroatoms. The number of aryl methyl sites for hydroxylation is 1. The van der Waals surface area contributed by atoms with Crippen LogP contribution in [0, 0.1) is 6.92 Å². The van der Waals surface area contributed by atoms with Gasteiger partial charge in [0.2, 0.25) is 0 Å². The second-order valence-electron chi connectivity index (χ2n) is 6.30. The van der Waals surface area contributed by atoms with Gasteiger partial charge in [-0.3, -0.25) is 4.79 Å². The summed E-state index contributed by atoms with van der Waals surface area (Å²) in [7, 11) is 3.79. The van der Waals surface area contributed by atoms with Gasteiger partial charge < -0.3 is 15.0 Å². The molecular formula is C19H20ClF3N2O2. The Bertz CT molecular complexity index is 823. The third-order valence-electron chi connectivity index (χ3n) is 3.71. The fourth-order valence-corrected chi connectivity index (χ4v) is 2.52. The number of likely N-dealkylation sites (N-methyl/N-ethyl adjacent to an activating group) is 1. The lowest BCUT2D eigenvalue weighted by atomic mass is 10.1. The van der Waals surface area contributed by atoms with Crippen LogP contribution in [0.15, 0.2) is 36.4 Å². The molecule has 0 atom stereocenters. The number of nitrogens with one attached hydrogen (secondary N) is 1. The molecular weight excluding hydrogens is 381 g/mol. The molecule has 27 heavy (non-hydrogen) atoms. The highest BCUT2D eigenvalue weighted by Crippen LogP contribution is 2.36. The molecule has 0 bridgehead atoms. The molecule has 0 aliphatic carbocycles. The van der Waals surface area contributed by atoms with Crippen LogP contribution in [0.25, 0.3) is 0 Å². The van der Waals surface area contributed by atoms with Gasteiger partial charge >= 0.3 is 6.18 Å². The van der Waals surface area contributed by atoms with Crippen molar-refractivity contribution in [2.45, 2.75) is 13.1 Å². The fraction of sp³-hybridized carbons (Fsp3) is 0.316. The second-order valence-corrected chi connectivity index (χ2v) is 6.71. The third kappa shape index (κ3) is 5.87. The minimum Gasteiger partial charge on any atom is -0.491 e. The zero-order valence-electron chi connectivity index (χ0n) is 15.2. The molecule has 2 aromatic rings. The molecule has 0 aliphatic rings. The lowest BCUT2D eigenvalue weighted by Gasteiger charge is -2.15. The molecule has 0 heterocycles. The van der Waals surface area contributed by atoms with Gasteiger partial charge in [-0.1, -0.05) is 17.7 Å². The topological polar surface area (TPSA) is 41.6 Å². The zero-order chi connectivity index (χ0) is 20.2. The lowest BCUT2D eigenvalue weighted by molar-refractivity contribution is -0.137. The van der Waals surface area contributed by atoms with Crippen LogP contribution in [0.4, 0.5) is 18.9 Å². The average molecular weight is 401 g/mol. The van der Waals surface area contributed by atoms with E-state index in [4.69, 9.17) is 16.3 Å². The van der Waals surface area contributed by atoms with E-state index >= 15 is 0 Å². The number of alkyl halides is 3. The highest BCUT2D eigenvalue weighted by atomic mass is 35.5. The van der Waals surface area contributed by atoms with Crippen LogP contribution in [0.5, 0.6) is 5.75 Å². The molecule has 1 N–H and O–H groups in total. The van der Waals surface area contributed by atoms with E-state index in [1.54, 1.807) is 18.2 Å². The maximum atomic E-state index is 13.0. The first-order valence-electron chi connectivity index (χ1n) is 8.14. The number of halogens is 4. The molecule has 4 nitrogen and oxygen atoms in total. The second kappa shape index (κ2) is 8.63. The Hall–Kier alpha value is -2.25. The van der Waals surface area contributed by atoms with Crippen molar-refractivity contribution >= 4 is 23.2 Å². The van der Waals surface area contributed by atoms with Crippen LogP contribution in [0.1, 0.15) is 21.5 Å². The number of ether oxygens (including phenoxy) is 1. The molecule has 0 unspecified atom stereocenters. The highest BCUT2D eigenvalue weighted by Gasteiger charge is 2.33. The maximum Gasteiger partial charge on any atom is 0.417 e. The summed E-state index contributed by atoms with van der Waals surface area (Å²) >= 11 is 5.60. The fourth-order valence-electron chi connectivity index (χ4n) is 2.29. The van der Waals surface area contributed by atoms with E-state index in [0.717, 1.165) is 17.7 Å². The summed E-state index contributed by atoms with van der Waals surface area (Å²) < 4.78 is 44.6. The number of nitrogens with zero attached hydrogens (tertiary/aromatic N) is 1. The van der Waals surface area contributed by atoms with Crippen molar-refractivity contribution in [1.29, 1.82) is 0 Å². The summed E-state index contributed by atoms with van der Waals surface area (Å²) in [6, 6.07) is 8.25. The molecule has 146 valence electrons. The summed E-state index contributed by atoms with van der Waals surface area (Å²) in [5.74, 6) is -0.190. The minimum atomic E-state index is -4.61. The first-order valence-corrected chi connectivity index (χ1v) is 8.52. The van der Waals surface area contributed by atoms with Crippen LogP contribution < -0.4 is 10.1 Å². The van der Waals surface area contributed by atoms with E-state index in [2.05, 4.69) is 5.32 Å². The van der Waals surface area contributed by atoms with Crippen molar-refractivity contribution in [3.8, 4) is 5.75 Å². The first kappa shape index (κ1) is 21.1.